The SMILES string of the molecule is CC/C=C\C/C=C\C/C=C\C/C=C\C/C=C\C/C=C\CCCCC(=O)OCC(COC(=O)CCCCCC/C=C\C/C=C\C/C=C\C/C=C\CC)OC(=O)CCCCCCCCCCCCCCCCCCCCCC. The highest BCUT2D eigenvalue weighted by Crippen LogP contribution is 2.16. The number of esters is 3. The summed E-state index contributed by atoms with van der Waals surface area (Å²) in [6.07, 6.45) is 87.7. The van der Waals surface area contributed by atoms with Crippen LogP contribution in [0.1, 0.15) is 284 Å². The molecule has 0 aromatic rings. The molecule has 0 spiro atoms. The van der Waals surface area contributed by atoms with Crippen LogP contribution in [0.5, 0.6) is 0 Å². The summed E-state index contributed by atoms with van der Waals surface area (Å²) in [5.41, 5.74) is 0. The van der Waals surface area contributed by atoms with Crippen molar-refractivity contribution < 1.29 is 28.6 Å². The van der Waals surface area contributed by atoms with E-state index in [1.165, 1.54) is 109 Å². The molecular weight excluding hydrogens is 937 g/mol. The third-order valence-electron chi connectivity index (χ3n) is 13.2. The molecule has 0 aliphatic carbocycles. The maximum atomic E-state index is 12.9. The van der Waals surface area contributed by atoms with Crippen LogP contribution < -0.4 is 0 Å². The molecule has 0 aliphatic heterocycles. The molecule has 6 heteroatoms. The largest absolute Gasteiger partial charge is 0.462 e. The quantitative estimate of drug-likeness (QED) is 0.0261. The Balaban J connectivity index is 4.49. The number of carbonyl (C=O) groups is 3. The molecule has 0 fully saturated rings. The highest BCUT2D eigenvalue weighted by atomic mass is 16.6. The van der Waals surface area contributed by atoms with E-state index < -0.39 is 6.10 Å². The second kappa shape index (κ2) is 63.3. The summed E-state index contributed by atoms with van der Waals surface area (Å²) in [6.45, 7) is 6.38. The molecule has 1 atom stereocenters. The molecule has 1 unspecified atom stereocenters. The lowest BCUT2D eigenvalue weighted by atomic mass is 10.0. The van der Waals surface area contributed by atoms with Gasteiger partial charge in [0.15, 0.2) is 6.10 Å². The second-order valence-electron chi connectivity index (χ2n) is 20.6. The van der Waals surface area contributed by atoms with Crippen LogP contribution in [0.4, 0.5) is 0 Å². The van der Waals surface area contributed by atoms with Crippen LogP contribution in [0.3, 0.4) is 0 Å². The van der Waals surface area contributed by atoms with E-state index >= 15 is 0 Å². The van der Waals surface area contributed by atoms with Crippen LogP contribution in [0, 0.1) is 0 Å². The topological polar surface area (TPSA) is 78.9 Å². The molecule has 6 nitrogen and oxygen atoms in total. The minimum absolute atomic E-state index is 0.106. The summed E-state index contributed by atoms with van der Waals surface area (Å²) in [4.78, 5) is 38.3. The molecule has 0 radical (unpaired) electrons. The summed E-state index contributed by atoms with van der Waals surface area (Å²) < 4.78 is 16.9. The molecule has 0 amide bonds. The smallest absolute Gasteiger partial charge is 0.306 e. The third kappa shape index (κ3) is 60.7. The lowest BCUT2D eigenvalue weighted by molar-refractivity contribution is -0.167. The zero-order chi connectivity index (χ0) is 55.0. The van der Waals surface area contributed by atoms with Gasteiger partial charge in [0.2, 0.25) is 0 Å². The van der Waals surface area contributed by atoms with Gasteiger partial charge in [-0.05, 0) is 109 Å². The van der Waals surface area contributed by atoms with Crippen LogP contribution in [-0.4, -0.2) is 37.2 Å². The maximum Gasteiger partial charge on any atom is 0.306 e. The summed E-state index contributed by atoms with van der Waals surface area (Å²) in [7, 11) is 0. The van der Waals surface area contributed by atoms with Gasteiger partial charge >= 0.3 is 17.9 Å². The van der Waals surface area contributed by atoms with Crippen LogP contribution in [0.25, 0.3) is 0 Å². The lowest BCUT2D eigenvalue weighted by Crippen LogP contribution is -2.30. The van der Waals surface area contributed by atoms with Gasteiger partial charge in [-0.3, -0.25) is 14.4 Å². The van der Waals surface area contributed by atoms with Gasteiger partial charge in [0.1, 0.15) is 13.2 Å². The summed E-state index contributed by atoms with van der Waals surface area (Å²) in [5.74, 6) is -0.964. The standard InChI is InChI=1S/C70H116O6/c1-4-7-10-13-16-19-22-25-28-31-33-35-37-39-42-45-48-51-54-57-60-63-69(72)75-66-67(65-74-68(71)62-59-56-53-50-47-44-41-38-30-27-24-21-18-15-12-9-6-3)76-70(73)64-61-58-55-52-49-46-43-40-36-34-32-29-26-23-20-17-14-11-8-5-2/h7,9-10,12,16,18-19,21,25,27-28,30,33,35,39,41-42,44,48,51,67H,4-6,8,11,13-15,17,20,22-24,26,29,31-32,34,36-38,40,43,45-47,49-50,52-66H2,1-3H3/b10-7-,12-9-,19-16-,21-18-,28-25-,30-27-,35-33-,42-39-,44-41-,51-48-. The second-order valence-corrected chi connectivity index (χ2v) is 20.6. The Morgan fingerprint density at radius 1 is 0.276 bits per heavy atom. The van der Waals surface area contributed by atoms with Gasteiger partial charge in [0.25, 0.3) is 0 Å². The average Bonchev–Trinajstić information content (AvgIpc) is 3.42. The summed E-state index contributed by atoms with van der Waals surface area (Å²) in [5, 5.41) is 0. The number of ether oxygens (including phenoxy) is 3. The van der Waals surface area contributed by atoms with Gasteiger partial charge in [-0.2, -0.15) is 0 Å². The fraction of sp³-hybridized carbons (Fsp3) is 0.671. The number of allylic oxidation sites excluding steroid dienone is 20. The van der Waals surface area contributed by atoms with Crippen molar-refractivity contribution in [1.29, 1.82) is 0 Å². The lowest BCUT2D eigenvalue weighted by Gasteiger charge is -2.18. The first-order valence-electron chi connectivity index (χ1n) is 31.5. The molecule has 0 aromatic heterocycles. The third-order valence-corrected chi connectivity index (χ3v) is 13.2. The van der Waals surface area contributed by atoms with Gasteiger partial charge in [0, 0.05) is 19.3 Å². The molecule has 0 aromatic carbocycles. The molecule has 0 saturated heterocycles. The zero-order valence-electron chi connectivity index (χ0n) is 49.5. The van der Waals surface area contributed by atoms with Crippen molar-refractivity contribution in [3.05, 3.63) is 122 Å². The molecule has 0 rings (SSSR count). The highest BCUT2D eigenvalue weighted by Gasteiger charge is 2.19. The molecule has 432 valence electrons. The predicted octanol–water partition coefficient (Wildman–Crippen LogP) is 21.6. The van der Waals surface area contributed by atoms with Gasteiger partial charge in [-0.25, -0.2) is 0 Å². The molecule has 0 aliphatic rings. The molecule has 0 heterocycles. The predicted molar refractivity (Wildman–Crippen MR) is 330 cm³/mol. The number of rotatable bonds is 56. The van der Waals surface area contributed by atoms with E-state index in [1.807, 2.05) is 0 Å². The van der Waals surface area contributed by atoms with E-state index in [-0.39, 0.29) is 31.1 Å². The van der Waals surface area contributed by atoms with E-state index in [1.54, 1.807) is 0 Å². The molecular formula is C70H116O6. The number of unbranched alkanes of at least 4 members (excludes halogenated alkanes) is 25. The van der Waals surface area contributed by atoms with E-state index in [9.17, 15) is 14.4 Å². The van der Waals surface area contributed by atoms with Crippen molar-refractivity contribution >= 4 is 17.9 Å². The summed E-state index contributed by atoms with van der Waals surface area (Å²) in [6, 6.07) is 0. The number of hydrogen-bond donors (Lipinski definition) is 0. The Morgan fingerprint density at radius 3 is 0.829 bits per heavy atom. The average molecular weight is 1050 g/mol. The van der Waals surface area contributed by atoms with Crippen molar-refractivity contribution in [2.45, 2.75) is 290 Å². The molecule has 0 N–H and O–H groups in total. The van der Waals surface area contributed by atoms with E-state index in [0.29, 0.717) is 25.7 Å². The van der Waals surface area contributed by atoms with Crippen LogP contribution in [0.2, 0.25) is 0 Å². The van der Waals surface area contributed by atoms with Crippen LogP contribution in [-0.2, 0) is 28.6 Å². The molecule has 0 bridgehead atoms. The Labute approximate surface area is 469 Å². The fourth-order valence-corrected chi connectivity index (χ4v) is 8.56. The minimum Gasteiger partial charge on any atom is -0.462 e. The molecule has 76 heavy (non-hydrogen) atoms. The van der Waals surface area contributed by atoms with Gasteiger partial charge in [0.05, 0.1) is 0 Å². The zero-order valence-corrected chi connectivity index (χ0v) is 49.5. The van der Waals surface area contributed by atoms with Crippen molar-refractivity contribution in [1.82, 2.24) is 0 Å². The van der Waals surface area contributed by atoms with Crippen LogP contribution in [0.15, 0.2) is 122 Å². The van der Waals surface area contributed by atoms with Crippen molar-refractivity contribution in [3.63, 3.8) is 0 Å². The van der Waals surface area contributed by atoms with E-state index in [0.717, 1.165) is 128 Å². The number of hydrogen-bond acceptors (Lipinski definition) is 6. The highest BCUT2D eigenvalue weighted by molar-refractivity contribution is 5.71. The van der Waals surface area contributed by atoms with Gasteiger partial charge in [-0.1, -0.05) is 277 Å². The fourth-order valence-electron chi connectivity index (χ4n) is 8.56. The summed E-state index contributed by atoms with van der Waals surface area (Å²) >= 11 is 0. The van der Waals surface area contributed by atoms with Crippen LogP contribution >= 0.6 is 0 Å². The Hall–Kier alpha value is -4.19. The maximum absolute atomic E-state index is 12.9. The molecule has 0 saturated carbocycles. The van der Waals surface area contributed by atoms with Crippen molar-refractivity contribution in [3.8, 4) is 0 Å². The first kappa shape index (κ1) is 71.8. The first-order chi connectivity index (χ1) is 37.5. The normalized spacial score (nSPS) is 12.9. The monoisotopic (exact) mass is 1050 g/mol. The van der Waals surface area contributed by atoms with Gasteiger partial charge in [-0.15, -0.1) is 0 Å². The number of carbonyl (C=O) groups excluding carboxylic acids is 3. The Kier molecular flexibility index (Phi) is 59.9. The Bertz CT molecular complexity index is 1590. The van der Waals surface area contributed by atoms with Crippen molar-refractivity contribution in [2.75, 3.05) is 13.2 Å². The van der Waals surface area contributed by atoms with Crippen molar-refractivity contribution in [2.24, 2.45) is 0 Å². The van der Waals surface area contributed by atoms with E-state index in [2.05, 4.69) is 142 Å². The van der Waals surface area contributed by atoms with Gasteiger partial charge < -0.3 is 14.2 Å². The minimum atomic E-state index is -0.810. The van der Waals surface area contributed by atoms with E-state index in [4.69, 9.17) is 14.2 Å². The first-order valence-corrected chi connectivity index (χ1v) is 31.5. The Morgan fingerprint density at radius 2 is 0.513 bits per heavy atom.